The smallest absolute Gasteiger partial charge is 0.412 e. The third-order valence-electron chi connectivity index (χ3n) is 2.38. The van der Waals surface area contributed by atoms with Gasteiger partial charge in [-0.2, -0.15) is 0 Å². The highest BCUT2D eigenvalue weighted by Gasteiger charge is 2.16. The van der Waals surface area contributed by atoms with E-state index in [1.165, 1.54) is 0 Å². The molecule has 5 nitrogen and oxygen atoms in total. The first-order valence-electron chi connectivity index (χ1n) is 6.30. The zero-order valence-electron chi connectivity index (χ0n) is 11.8. The maximum absolute atomic E-state index is 11.7. The summed E-state index contributed by atoms with van der Waals surface area (Å²) < 4.78 is 5.21. The number of amides is 1. The van der Waals surface area contributed by atoms with Crippen LogP contribution in [0.3, 0.4) is 0 Å². The van der Waals surface area contributed by atoms with Crippen LogP contribution in [0.15, 0.2) is 42.9 Å². The number of carbonyl (C=O) groups excluding carboxylic acids is 1. The molecule has 104 valence electrons. The first-order chi connectivity index (χ1) is 9.44. The van der Waals surface area contributed by atoms with E-state index in [0.717, 1.165) is 11.3 Å². The highest BCUT2D eigenvalue weighted by molar-refractivity contribution is 5.85. The molecule has 2 rings (SSSR count). The maximum atomic E-state index is 11.7. The molecule has 0 saturated heterocycles. The van der Waals surface area contributed by atoms with Gasteiger partial charge in [0.25, 0.3) is 0 Å². The predicted octanol–water partition coefficient (Wildman–Crippen LogP) is 3.49. The lowest BCUT2D eigenvalue weighted by Gasteiger charge is -2.19. The predicted molar refractivity (Wildman–Crippen MR) is 77.3 cm³/mol. The molecule has 0 spiro atoms. The number of anilines is 1. The van der Waals surface area contributed by atoms with Gasteiger partial charge in [-0.15, -0.1) is 0 Å². The molecule has 0 atom stereocenters. The van der Waals surface area contributed by atoms with Gasteiger partial charge in [0.1, 0.15) is 5.60 Å². The molecule has 0 fully saturated rings. The van der Waals surface area contributed by atoms with Crippen molar-refractivity contribution in [2.75, 3.05) is 5.32 Å². The number of aromatic nitrogens is 2. The Kier molecular flexibility index (Phi) is 3.98. The van der Waals surface area contributed by atoms with Crippen molar-refractivity contribution in [1.82, 2.24) is 9.97 Å². The van der Waals surface area contributed by atoms with Crippen LogP contribution in [-0.4, -0.2) is 21.7 Å². The van der Waals surface area contributed by atoms with Crippen molar-refractivity contribution in [1.29, 1.82) is 0 Å². The zero-order chi connectivity index (χ0) is 14.6. The summed E-state index contributed by atoms with van der Waals surface area (Å²) in [7, 11) is 0. The second kappa shape index (κ2) is 5.69. The van der Waals surface area contributed by atoms with Gasteiger partial charge in [0.2, 0.25) is 0 Å². The zero-order valence-corrected chi connectivity index (χ0v) is 11.8. The molecule has 0 bridgehead atoms. The van der Waals surface area contributed by atoms with Crippen molar-refractivity contribution in [2.24, 2.45) is 0 Å². The molecular weight excluding hydrogens is 254 g/mol. The molecule has 0 aliphatic heterocycles. The summed E-state index contributed by atoms with van der Waals surface area (Å²) in [6.45, 7) is 5.46. The summed E-state index contributed by atoms with van der Waals surface area (Å²) in [4.78, 5) is 19.9. The van der Waals surface area contributed by atoms with Crippen molar-refractivity contribution in [3.05, 3.63) is 42.9 Å². The molecule has 1 N–H and O–H groups in total. The van der Waals surface area contributed by atoms with Crippen LogP contribution in [-0.2, 0) is 4.74 Å². The Morgan fingerprint density at radius 3 is 2.50 bits per heavy atom. The van der Waals surface area contributed by atoms with Gasteiger partial charge in [-0.1, -0.05) is 0 Å². The van der Waals surface area contributed by atoms with E-state index in [2.05, 4.69) is 15.3 Å². The molecule has 0 aliphatic rings. The number of nitrogens with zero attached hydrogens (tertiary/aromatic N) is 2. The molecule has 0 radical (unpaired) electrons. The average Bonchev–Trinajstić information content (AvgIpc) is 2.38. The van der Waals surface area contributed by atoms with E-state index in [4.69, 9.17) is 4.74 Å². The second-order valence-electron chi connectivity index (χ2n) is 5.29. The Hall–Kier alpha value is -2.43. The second-order valence-corrected chi connectivity index (χ2v) is 5.29. The Morgan fingerprint density at radius 2 is 1.85 bits per heavy atom. The Morgan fingerprint density at radius 1 is 1.15 bits per heavy atom. The largest absolute Gasteiger partial charge is 0.444 e. The van der Waals surface area contributed by atoms with Gasteiger partial charge in [0.15, 0.2) is 0 Å². The molecule has 0 saturated carbocycles. The number of ether oxygens (including phenoxy) is 1. The Labute approximate surface area is 118 Å². The number of nitrogens with one attached hydrogen (secondary N) is 1. The van der Waals surface area contributed by atoms with Crippen LogP contribution in [0.1, 0.15) is 20.8 Å². The highest BCUT2D eigenvalue weighted by atomic mass is 16.6. The topological polar surface area (TPSA) is 64.1 Å². The minimum atomic E-state index is -0.523. The van der Waals surface area contributed by atoms with Gasteiger partial charge in [0.05, 0.1) is 5.69 Å². The van der Waals surface area contributed by atoms with Gasteiger partial charge in [-0.25, -0.2) is 4.79 Å². The van der Waals surface area contributed by atoms with Crippen LogP contribution < -0.4 is 5.32 Å². The first-order valence-corrected chi connectivity index (χ1v) is 6.30. The lowest BCUT2D eigenvalue weighted by atomic mass is 10.2. The summed E-state index contributed by atoms with van der Waals surface area (Å²) >= 11 is 0. The molecule has 0 unspecified atom stereocenters. The van der Waals surface area contributed by atoms with Crippen molar-refractivity contribution in [2.45, 2.75) is 26.4 Å². The quantitative estimate of drug-likeness (QED) is 0.908. The number of pyridine rings is 2. The first kappa shape index (κ1) is 14.0. The van der Waals surface area contributed by atoms with Crippen LogP contribution in [0.5, 0.6) is 0 Å². The SMILES string of the molecule is CC(C)(C)OC(=O)Nc1ccnc(-c2ccncc2)c1. The fraction of sp³-hybridized carbons (Fsp3) is 0.267. The van der Waals surface area contributed by atoms with Gasteiger partial charge in [0, 0.05) is 29.8 Å². The van der Waals surface area contributed by atoms with Crippen LogP contribution in [0.4, 0.5) is 10.5 Å². The van der Waals surface area contributed by atoms with Gasteiger partial charge in [-0.05, 0) is 45.0 Å². The van der Waals surface area contributed by atoms with Crippen LogP contribution in [0, 0.1) is 0 Å². The number of hydrogen-bond acceptors (Lipinski definition) is 4. The monoisotopic (exact) mass is 271 g/mol. The molecule has 0 aromatic carbocycles. The maximum Gasteiger partial charge on any atom is 0.412 e. The summed E-state index contributed by atoms with van der Waals surface area (Å²) in [5.41, 5.74) is 1.82. The molecule has 1 amide bonds. The van der Waals surface area contributed by atoms with Crippen molar-refractivity contribution < 1.29 is 9.53 Å². The number of rotatable bonds is 2. The van der Waals surface area contributed by atoms with Crippen molar-refractivity contribution in [3.8, 4) is 11.3 Å². The van der Waals surface area contributed by atoms with E-state index in [9.17, 15) is 4.79 Å². The molecular formula is C15H17N3O2. The normalized spacial score (nSPS) is 10.9. The third-order valence-corrected chi connectivity index (χ3v) is 2.38. The summed E-state index contributed by atoms with van der Waals surface area (Å²) in [5.74, 6) is 0. The van der Waals surface area contributed by atoms with Crippen LogP contribution >= 0.6 is 0 Å². The van der Waals surface area contributed by atoms with E-state index in [1.54, 1.807) is 30.7 Å². The Bertz CT molecular complexity index is 592. The van der Waals surface area contributed by atoms with Gasteiger partial charge < -0.3 is 4.74 Å². The minimum Gasteiger partial charge on any atom is -0.444 e. The van der Waals surface area contributed by atoms with Crippen LogP contribution in [0.25, 0.3) is 11.3 Å². The fourth-order valence-corrected chi connectivity index (χ4v) is 1.61. The number of carbonyl (C=O) groups is 1. The molecule has 0 aliphatic carbocycles. The summed E-state index contributed by atoms with van der Waals surface area (Å²) in [6, 6.07) is 7.23. The van der Waals surface area contributed by atoms with E-state index in [1.807, 2.05) is 32.9 Å². The van der Waals surface area contributed by atoms with E-state index >= 15 is 0 Å². The van der Waals surface area contributed by atoms with E-state index in [-0.39, 0.29) is 0 Å². The molecule has 2 aromatic rings. The summed E-state index contributed by atoms with van der Waals surface area (Å²) in [5, 5.41) is 2.69. The van der Waals surface area contributed by atoms with Gasteiger partial charge >= 0.3 is 6.09 Å². The minimum absolute atomic E-state index is 0.482. The van der Waals surface area contributed by atoms with Crippen LogP contribution in [0.2, 0.25) is 0 Å². The average molecular weight is 271 g/mol. The molecule has 2 heterocycles. The van der Waals surface area contributed by atoms with Gasteiger partial charge in [-0.3, -0.25) is 15.3 Å². The fourth-order valence-electron chi connectivity index (χ4n) is 1.61. The van der Waals surface area contributed by atoms with E-state index < -0.39 is 11.7 Å². The van der Waals surface area contributed by atoms with Crippen molar-refractivity contribution >= 4 is 11.8 Å². The number of hydrogen-bond donors (Lipinski definition) is 1. The van der Waals surface area contributed by atoms with E-state index in [0.29, 0.717) is 5.69 Å². The van der Waals surface area contributed by atoms with Crippen molar-refractivity contribution in [3.63, 3.8) is 0 Å². The molecule has 5 heteroatoms. The highest BCUT2D eigenvalue weighted by Crippen LogP contribution is 2.19. The summed E-state index contributed by atoms with van der Waals surface area (Å²) in [6.07, 6.45) is 4.56. The lowest BCUT2D eigenvalue weighted by molar-refractivity contribution is 0.0636. The lowest BCUT2D eigenvalue weighted by Crippen LogP contribution is -2.27. The molecule has 2 aromatic heterocycles. The third kappa shape index (κ3) is 4.05. The Balaban J connectivity index is 2.13. The molecule has 20 heavy (non-hydrogen) atoms. The standard InChI is InChI=1S/C15H17N3O2/c1-15(2,3)20-14(19)18-12-6-9-17-13(10-12)11-4-7-16-8-5-11/h4-10H,1-3H3,(H,17,18,19).